The normalized spacial score (nSPS) is 15.5. The second-order valence-corrected chi connectivity index (χ2v) is 5.90. The number of carbonyl (C=O) groups is 1. The van der Waals surface area contributed by atoms with Crippen LogP contribution in [-0.2, 0) is 0 Å². The minimum Gasteiger partial charge on any atom is -0.342 e. The van der Waals surface area contributed by atoms with Gasteiger partial charge < -0.3 is 15.6 Å². The lowest BCUT2D eigenvalue weighted by atomic mass is 9.96. The molecule has 0 spiro atoms. The average molecular weight is 298 g/mol. The van der Waals surface area contributed by atoms with Crippen LogP contribution in [0.25, 0.3) is 11.3 Å². The quantitative estimate of drug-likeness (QED) is 0.805. The molecule has 1 saturated carbocycles. The lowest BCUT2D eigenvalue weighted by molar-refractivity contribution is 0.244. The van der Waals surface area contributed by atoms with Gasteiger partial charge in [-0.05, 0) is 31.9 Å². The highest BCUT2D eigenvalue weighted by Gasteiger charge is 2.15. The van der Waals surface area contributed by atoms with Crippen LogP contribution in [0.5, 0.6) is 0 Å². The molecule has 3 rings (SSSR count). The van der Waals surface area contributed by atoms with Gasteiger partial charge in [-0.3, -0.25) is 0 Å². The van der Waals surface area contributed by atoms with Crippen molar-refractivity contribution in [3.8, 4) is 11.3 Å². The summed E-state index contributed by atoms with van der Waals surface area (Å²) in [6.07, 6.45) is 7.67. The molecule has 0 bridgehead atoms. The van der Waals surface area contributed by atoms with Crippen LogP contribution in [0.2, 0.25) is 0 Å². The molecule has 0 saturated heterocycles. The minimum atomic E-state index is -0.121. The van der Waals surface area contributed by atoms with Crippen molar-refractivity contribution in [2.75, 3.05) is 5.32 Å². The number of benzene rings is 1. The summed E-state index contributed by atoms with van der Waals surface area (Å²) in [7, 11) is 0. The first-order valence-electron chi connectivity index (χ1n) is 7.90. The molecule has 2 aromatic rings. The van der Waals surface area contributed by atoms with Gasteiger partial charge in [-0.2, -0.15) is 0 Å². The summed E-state index contributed by atoms with van der Waals surface area (Å²) in [5.41, 5.74) is 2.75. The molecule has 5 nitrogen and oxygen atoms in total. The Bertz CT molecular complexity index is 644. The van der Waals surface area contributed by atoms with Gasteiger partial charge in [-0.25, -0.2) is 9.78 Å². The zero-order valence-electron chi connectivity index (χ0n) is 12.9. The van der Waals surface area contributed by atoms with Gasteiger partial charge in [0.2, 0.25) is 0 Å². The van der Waals surface area contributed by atoms with Crippen molar-refractivity contribution in [2.24, 2.45) is 0 Å². The van der Waals surface area contributed by atoms with E-state index in [-0.39, 0.29) is 6.03 Å². The summed E-state index contributed by atoms with van der Waals surface area (Å²) < 4.78 is 0. The van der Waals surface area contributed by atoms with Crippen molar-refractivity contribution in [2.45, 2.75) is 45.1 Å². The van der Waals surface area contributed by atoms with Crippen LogP contribution in [0.1, 0.15) is 37.9 Å². The first kappa shape index (κ1) is 14.6. The van der Waals surface area contributed by atoms with E-state index in [4.69, 9.17) is 0 Å². The number of rotatable bonds is 3. The summed E-state index contributed by atoms with van der Waals surface area (Å²) in [5.74, 6) is 0.878. The maximum atomic E-state index is 12.1. The molecule has 1 aromatic heterocycles. The Kier molecular flexibility index (Phi) is 4.42. The van der Waals surface area contributed by atoms with E-state index in [2.05, 4.69) is 20.6 Å². The second kappa shape index (κ2) is 6.64. The van der Waals surface area contributed by atoms with Gasteiger partial charge in [0, 0.05) is 17.3 Å². The van der Waals surface area contributed by atoms with Crippen LogP contribution in [0.15, 0.2) is 30.5 Å². The molecule has 1 heterocycles. The number of nitrogens with zero attached hydrogens (tertiary/aromatic N) is 1. The summed E-state index contributed by atoms with van der Waals surface area (Å²) in [5, 5.41) is 5.98. The number of nitrogens with one attached hydrogen (secondary N) is 3. The van der Waals surface area contributed by atoms with Gasteiger partial charge in [0.25, 0.3) is 0 Å². The van der Waals surface area contributed by atoms with E-state index in [0.29, 0.717) is 6.04 Å². The number of hydrogen-bond acceptors (Lipinski definition) is 2. The predicted octanol–water partition coefficient (Wildman–Crippen LogP) is 3.84. The fourth-order valence-electron chi connectivity index (χ4n) is 2.93. The molecule has 0 aliphatic heterocycles. The van der Waals surface area contributed by atoms with Crippen LogP contribution >= 0.6 is 0 Å². The Hall–Kier alpha value is -2.30. The minimum absolute atomic E-state index is 0.121. The number of anilines is 1. The topological polar surface area (TPSA) is 69.8 Å². The molecule has 0 atom stereocenters. The van der Waals surface area contributed by atoms with E-state index in [0.717, 1.165) is 35.6 Å². The van der Waals surface area contributed by atoms with Crippen LogP contribution < -0.4 is 10.6 Å². The number of amides is 2. The number of H-pyrrole nitrogens is 1. The molecule has 0 radical (unpaired) electrons. The van der Waals surface area contributed by atoms with E-state index in [1.165, 1.54) is 19.3 Å². The molecule has 3 N–H and O–H groups in total. The molecule has 116 valence electrons. The Morgan fingerprint density at radius 3 is 2.82 bits per heavy atom. The number of hydrogen-bond donors (Lipinski definition) is 3. The van der Waals surface area contributed by atoms with E-state index < -0.39 is 0 Å². The third-order valence-electron chi connectivity index (χ3n) is 4.07. The van der Waals surface area contributed by atoms with Crippen molar-refractivity contribution in [3.05, 3.63) is 36.3 Å². The van der Waals surface area contributed by atoms with E-state index in [9.17, 15) is 4.79 Å². The van der Waals surface area contributed by atoms with Crippen LogP contribution in [0.3, 0.4) is 0 Å². The third-order valence-corrected chi connectivity index (χ3v) is 4.07. The maximum absolute atomic E-state index is 12.1. The van der Waals surface area contributed by atoms with Crippen LogP contribution in [-0.4, -0.2) is 22.0 Å². The van der Waals surface area contributed by atoms with Crippen molar-refractivity contribution < 1.29 is 4.79 Å². The average Bonchev–Trinajstić information content (AvgIpc) is 2.95. The van der Waals surface area contributed by atoms with Gasteiger partial charge in [0.05, 0.1) is 11.9 Å². The zero-order valence-corrected chi connectivity index (χ0v) is 12.9. The fraction of sp³-hybridized carbons (Fsp3) is 0.412. The Balaban J connectivity index is 1.63. The summed E-state index contributed by atoms with van der Waals surface area (Å²) in [4.78, 5) is 19.5. The number of aromatic nitrogens is 2. The molecule has 5 heteroatoms. The predicted molar refractivity (Wildman–Crippen MR) is 87.8 cm³/mol. The van der Waals surface area contributed by atoms with E-state index in [1.54, 1.807) is 6.20 Å². The number of aryl methyl sites for hydroxylation is 1. The lowest BCUT2D eigenvalue weighted by Gasteiger charge is -2.22. The zero-order chi connectivity index (χ0) is 15.4. The Labute approximate surface area is 130 Å². The highest BCUT2D eigenvalue weighted by molar-refractivity contribution is 5.90. The van der Waals surface area contributed by atoms with Gasteiger partial charge in [0.15, 0.2) is 0 Å². The number of imidazole rings is 1. The van der Waals surface area contributed by atoms with Gasteiger partial charge in [-0.15, -0.1) is 0 Å². The molecule has 1 aliphatic carbocycles. The molecule has 0 unspecified atom stereocenters. The summed E-state index contributed by atoms with van der Waals surface area (Å²) in [6, 6.07) is 7.97. The highest BCUT2D eigenvalue weighted by Crippen LogP contribution is 2.21. The maximum Gasteiger partial charge on any atom is 0.319 e. The lowest BCUT2D eigenvalue weighted by Crippen LogP contribution is -2.39. The first-order chi connectivity index (χ1) is 10.7. The molecule has 22 heavy (non-hydrogen) atoms. The summed E-state index contributed by atoms with van der Waals surface area (Å²) >= 11 is 0. The van der Waals surface area contributed by atoms with Gasteiger partial charge in [0.1, 0.15) is 5.82 Å². The molecule has 1 aromatic carbocycles. The van der Waals surface area contributed by atoms with E-state index in [1.807, 2.05) is 31.2 Å². The van der Waals surface area contributed by atoms with Crippen LogP contribution in [0, 0.1) is 6.92 Å². The van der Waals surface area contributed by atoms with Crippen molar-refractivity contribution in [3.63, 3.8) is 0 Å². The van der Waals surface area contributed by atoms with Crippen molar-refractivity contribution in [1.29, 1.82) is 0 Å². The molecule has 2 amide bonds. The Morgan fingerprint density at radius 2 is 2.09 bits per heavy atom. The second-order valence-electron chi connectivity index (χ2n) is 5.90. The number of carbonyl (C=O) groups excluding carboxylic acids is 1. The smallest absolute Gasteiger partial charge is 0.319 e. The van der Waals surface area contributed by atoms with Gasteiger partial charge in [-0.1, -0.05) is 31.4 Å². The monoisotopic (exact) mass is 298 g/mol. The number of urea groups is 1. The largest absolute Gasteiger partial charge is 0.342 e. The summed E-state index contributed by atoms with van der Waals surface area (Å²) in [6.45, 7) is 1.92. The van der Waals surface area contributed by atoms with Crippen LogP contribution in [0.4, 0.5) is 10.5 Å². The van der Waals surface area contributed by atoms with Crippen molar-refractivity contribution in [1.82, 2.24) is 15.3 Å². The first-order valence-corrected chi connectivity index (χ1v) is 7.90. The van der Waals surface area contributed by atoms with Gasteiger partial charge >= 0.3 is 6.03 Å². The third kappa shape index (κ3) is 3.67. The number of aromatic amines is 1. The highest BCUT2D eigenvalue weighted by atomic mass is 16.2. The fourth-order valence-corrected chi connectivity index (χ4v) is 2.93. The standard InChI is InChI=1S/C17H22N4O/c1-12-18-11-16(19-12)13-6-5-9-15(10-13)21-17(22)20-14-7-3-2-4-8-14/h5-6,9-11,14H,2-4,7-8H2,1H3,(H,18,19)(H2,20,21,22). The van der Waals surface area contributed by atoms with E-state index >= 15 is 0 Å². The molecule has 1 fully saturated rings. The Morgan fingerprint density at radius 1 is 1.27 bits per heavy atom. The molecular weight excluding hydrogens is 276 g/mol. The van der Waals surface area contributed by atoms with Crippen molar-refractivity contribution >= 4 is 11.7 Å². The molecular formula is C17H22N4O. The molecule has 1 aliphatic rings. The SMILES string of the molecule is Cc1ncc(-c2cccc(NC(=O)NC3CCCCC3)c2)[nH]1.